The Morgan fingerprint density at radius 3 is 2.75 bits per heavy atom. The predicted molar refractivity (Wildman–Crippen MR) is 97.2 cm³/mol. The third-order valence-electron chi connectivity index (χ3n) is 3.71. The molecule has 0 fully saturated rings. The molecule has 1 aliphatic rings. The van der Waals surface area contributed by atoms with Gasteiger partial charge in [-0.15, -0.1) is 0 Å². The SMILES string of the molecule is CSc1ncc2c(n1)Nc1n[nH]c(C)c1N=C2c1ccccc1Cl. The molecule has 2 N–H and O–H groups in total. The summed E-state index contributed by atoms with van der Waals surface area (Å²) in [5.41, 5.74) is 3.95. The molecule has 3 aromatic rings. The fourth-order valence-electron chi connectivity index (χ4n) is 2.52. The van der Waals surface area contributed by atoms with E-state index in [1.54, 1.807) is 6.20 Å². The fraction of sp³-hybridized carbons (Fsp3) is 0.125. The number of aromatic nitrogens is 4. The molecule has 8 heteroatoms. The average Bonchev–Trinajstić information content (AvgIpc) is 2.85. The molecule has 0 unspecified atom stereocenters. The minimum absolute atomic E-state index is 0.626. The standard InChI is InChI=1S/C16H13ClN6S/c1-8-12-15(23-22-8)20-14-10(7-18-16(21-14)24-2)13(19-12)9-5-3-4-6-11(9)17/h3-7H,1-2H3,(H2,18,20,21,22,23). The van der Waals surface area contributed by atoms with E-state index in [9.17, 15) is 0 Å². The number of benzene rings is 1. The van der Waals surface area contributed by atoms with E-state index in [1.165, 1.54) is 11.8 Å². The van der Waals surface area contributed by atoms with Gasteiger partial charge in [-0.25, -0.2) is 15.0 Å². The molecule has 0 aliphatic carbocycles. The largest absolute Gasteiger partial charge is 0.321 e. The third-order valence-corrected chi connectivity index (χ3v) is 4.60. The third kappa shape index (κ3) is 2.46. The van der Waals surface area contributed by atoms with Crippen LogP contribution in [0.4, 0.5) is 17.3 Å². The molecule has 0 bridgehead atoms. The van der Waals surface area contributed by atoms with Crippen molar-refractivity contribution in [2.45, 2.75) is 12.1 Å². The van der Waals surface area contributed by atoms with Crippen LogP contribution < -0.4 is 5.32 Å². The van der Waals surface area contributed by atoms with Gasteiger partial charge in [0.05, 0.1) is 17.0 Å². The molecule has 6 nitrogen and oxygen atoms in total. The zero-order valence-electron chi connectivity index (χ0n) is 13.0. The van der Waals surface area contributed by atoms with Crippen LogP contribution in [0.2, 0.25) is 5.02 Å². The lowest BCUT2D eigenvalue weighted by Crippen LogP contribution is -2.09. The van der Waals surface area contributed by atoms with Gasteiger partial charge in [0.2, 0.25) is 0 Å². The van der Waals surface area contributed by atoms with E-state index >= 15 is 0 Å². The van der Waals surface area contributed by atoms with Crippen molar-refractivity contribution in [3.8, 4) is 0 Å². The van der Waals surface area contributed by atoms with Crippen LogP contribution in [0.5, 0.6) is 0 Å². The van der Waals surface area contributed by atoms with Crippen molar-refractivity contribution in [2.75, 3.05) is 11.6 Å². The maximum Gasteiger partial charge on any atom is 0.189 e. The number of nitrogens with one attached hydrogen (secondary N) is 2. The van der Waals surface area contributed by atoms with Crippen LogP contribution in [0.25, 0.3) is 0 Å². The molecule has 0 spiro atoms. The Hall–Kier alpha value is -2.38. The van der Waals surface area contributed by atoms with Gasteiger partial charge in [-0.1, -0.05) is 41.6 Å². The number of hydrogen-bond donors (Lipinski definition) is 2. The highest BCUT2D eigenvalue weighted by molar-refractivity contribution is 7.98. The number of fused-ring (bicyclic) bond motifs is 2. The second-order valence-electron chi connectivity index (χ2n) is 5.23. The Labute approximate surface area is 147 Å². The number of aliphatic imine (C=N–C) groups is 1. The summed E-state index contributed by atoms with van der Waals surface area (Å²) >= 11 is 7.89. The number of nitrogens with zero attached hydrogens (tertiary/aromatic N) is 4. The predicted octanol–water partition coefficient (Wildman–Crippen LogP) is 4.11. The van der Waals surface area contributed by atoms with Crippen LogP contribution in [-0.4, -0.2) is 32.1 Å². The van der Waals surface area contributed by atoms with Crippen LogP contribution in [-0.2, 0) is 0 Å². The smallest absolute Gasteiger partial charge is 0.189 e. The molecular weight excluding hydrogens is 344 g/mol. The van der Waals surface area contributed by atoms with E-state index in [4.69, 9.17) is 16.6 Å². The van der Waals surface area contributed by atoms with E-state index in [-0.39, 0.29) is 0 Å². The van der Waals surface area contributed by atoms with Gasteiger partial charge in [-0.2, -0.15) is 5.10 Å². The molecule has 24 heavy (non-hydrogen) atoms. The highest BCUT2D eigenvalue weighted by Crippen LogP contribution is 2.36. The molecule has 2 aromatic heterocycles. The molecule has 0 saturated carbocycles. The van der Waals surface area contributed by atoms with Crippen LogP contribution in [0.1, 0.15) is 16.8 Å². The number of anilines is 2. The van der Waals surface area contributed by atoms with E-state index in [2.05, 4.69) is 25.5 Å². The van der Waals surface area contributed by atoms with Gasteiger partial charge in [0.15, 0.2) is 11.0 Å². The lowest BCUT2D eigenvalue weighted by molar-refractivity contribution is 0.967. The number of halogens is 1. The summed E-state index contributed by atoms with van der Waals surface area (Å²) in [7, 11) is 0. The topological polar surface area (TPSA) is 78.9 Å². The Morgan fingerprint density at radius 2 is 1.96 bits per heavy atom. The summed E-state index contributed by atoms with van der Waals surface area (Å²) in [5.74, 6) is 1.31. The van der Waals surface area contributed by atoms with Crippen molar-refractivity contribution in [3.05, 3.63) is 52.3 Å². The fourth-order valence-corrected chi connectivity index (χ4v) is 3.09. The number of aromatic amines is 1. The molecule has 1 aromatic carbocycles. The Morgan fingerprint density at radius 1 is 1.12 bits per heavy atom. The van der Waals surface area contributed by atoms with Crippen molar-refractivity contribution < 1.29 is 0 Å². The summed E-state index contributed by atoms with van der Waals surface area (Å²) in [6.07, 6.45) is 3.71. The van der Waals surface area contributed by atoms with Gasteiger partial charge < -0.3 is 5.32 Å². The normalized spacial score (nSPS) is 12.7. The van der Waals surface area contributed by atoms with E-state index in [0.717, 1.165) is 28.2 Å². The van der Waals surface area contributed by atoms with Gasteiger partial charge in [0.25, 0.3) is 0 Å². The summed E-state index contributed by atoms with van der Waals surface area (Å²) in [6, 6.07) is 7.61. The van der Waals surface area contributed by atoms with E-state index in [1.807, 2.05) is 37.4 Å². The Bertz CT molecular complexity index is 965. The quantitative estimate of drug-likeness (QED) is 0.417. The van der Waals surface area contributed by atoms with Crippen LogP contribution >= 0.6 is 23.4 Å². The summed E-state index contributed by atoms with van der Waals surface area (Å²) < 4.78 is 0. The molecule has 4 rings (SSSR count). The van der Waals surface area contributed by atoms with Gasteiger partial charge in [-0.05, 0) is 19.2 Å². The second kappa shape index (κ2) is 5.92. The number of hydrogen-bond acceptors (Lipinski definition) is 6. The molecule has 0 radical (unpaired) electrons. The van der Waals surface area contributed by atoms with Crippen LogP contribution in [0.3, 0.4) is 0 Å². The maximum absolute atomic E-state index is 6.41. The summed E-state index contributed by atoms with van der Waals surface area (Å²) in [5, 5.41) is 11.8. The first-order chi connectivity index (χ1) is 11.7. The minimum atomic E-state index is 0.626. The maximum atomic E-state index is 6.41. The molecule has 1 aliphatic heterocycles. The number of H-pyrrole nitrogens is 1. The molecular formula is C16H13ClN6S. The Balaban J connectivity index is 2.01. The Kier molecular flexibility index (Phi) is 3.74. The van der Waals surface area contributed by atoms with Crippen LogP contribution in [0.15, 0.2) is 40.6 Å². The summed E-state index contributed by atoms with van der Waals surface area (Å²) in [4.78, 5) is 13.8. The van der Waals surface area contributed by atoms with Crippen molar-refractivity contribution in [1.82, 2.24) is 20.2 Å². The number of rotatable bonds is 2. The molecule has 0 amide bonds. The van der Waals surface area contributed by atoms with E-state index in [0.29, 0.717) is 21.8 Å². The summed E-state index contributed by atoms with van der Waals surface area (Å²) in [6.45, 7) is 1.93. The monoisotopic (exact) mass is 356 g/mol. The van der Waals surface area contributed by atoms with Gasteiger partial charge in [-0.3, -0.25) is 5.10 Å². The second-order valence-corrected chi connectivity index (χ2v) is 6.41. The zero-order valence-corrected chi connectivity index (χ0v) is 14.5. The number of thioether (sulfide) groups is 1. The molecule has 0 saturated heterocycles. The first-order valence-corrected chi connectivity index (χ1v) is 8.84. The molecule has 0 atom stereocenters. The zero-order chi connectivity index (χ0) is 16.7. The first kappa shape index (κ1) is 15.2. The van der Waals surface area contributed by atoms with Crippen LogP contribution in [0, 0.1) is 6.92 Å². The lowest BCUT2D eigenvalue weighted by Gasteiger charge is -2.11. The minimum Gasteiger partial charge on any atom is -0.321 e. The highest BCUT2D eigenvalue weighted by atomic mass is 35.5. The number of aryl methyl sites for hydroxylation is 1. The molecule has 120 valence electrons. The van der Waals surface area contributed by atoms with Crippen molar-refractivity contribution >= 4 is 46.4 Å². The van der Waals surface area contributed by atoms with E-state index < -0.39 is 0 Å². The first-order valence-electron chi connectivity index (χ1n) is 7.24. The van der Waals surface area contributed by atoms with Crippen molar-refractivity contribution in [1.29, 1.82) is 0 Å². The average molecular weight is 357 g/mol. The lowest BCUT2D eigenvalue weighted by atomic mass is 10.0. The van der Waals surface area contributed by atoms with Crippen molar-refractivity contribution in [3.63, 3.8) is 0 Å². The van der Waals surface area contributed by atoms with Gasteiger partial charge >= 0.3 is 0 Å². The van der Waals surface area contributed by atoms with Gasteiger partial charge in [0, 0.05) is 16.8 Å². The molecule has 3 heterocycles. The van der Waals surface area contributed by atoms with Gasteiger partial charge in [0.1, 0.15) is 11.5 Å². The van der Waals surface area contributed by atoms with Crippen molar-refractivity contribution in [2.24, 2.45) is 4.99 Å². The highest BCUT2D eigenvalue weighted by Gasteiger charge is 2.24.